The molecule has 2 atom stereocenters. The summed E-state index contributed by atoms with van der Waals surface area (Å²) in [7, 11) is 0. The molecule has 142 valence electrons. The topological polar surface area (TPSA) is 76.4 Å². The molecule has 0 saturated carbocycles. The lowest BCUT2D eigenvalue weighted by atomic mass is 9.95. The number of hydrogen-bond acceptors (Lipinski definition) is 4. The van der Waals surface area contributed by atoms with Gasteiger partial charge in [0.1, 0.15) is 5.69 Å². The van der Waals surface area contributed by atoms with Gasteiger partial charge in [0.05, 0.1) is 28.5 Å². The van der Waals surface area contributed by atoms with Gasteiger partial charge in [-0.3, -0.25) is 4.68 Å². The number of aryl methyl sites for hydroxylation is 1. The quantitative estimate of drug-likeness (QED) is 0.790. The lowest BCUT2D eigenvalue weighted by molar-refractivity contribution is 0.0236. The highest BCUT2D eigenvalue weighted by atomic mass is 35.5. The SMILES string of the molecule is Cc1cc(C(=O)O)n(C[C@@H]2CNCCO[C@H]2c2ccc(Cl)c(Cl)c2)n1.Cl. The van der Waals surface area contributed by atoms with Crippen molar-refractivity contribution in [2.24, 2.45) is 5.92 Å². The smallest absolute Gasteiger partial charge is 0.354 e. The zero-order valence-electron chi connectivity index (χ0n) is 14.1. The summed E-state index contributed by atoms with van der Waals surface area (Å²) in [6.07, 6.45) is -0.226. The third-order valence-electron chi connectivity index (χ3n) is 4.21. The molecular formula is C17H20Cl3N3O3. The van der Waals surface area contributed by atoms with Crippen molar-refractivity contribution in [2.45, 2.75) is 19.6 Å². The number of hydrogen-bond donors (Lipinski definition) is 2. The number of ether oxygens (including phenoxy) is 1. The second-order valence-electron chi connectivity index (χ2n) is 6.09. The largest absolute Gasteiger partial charge is 0.477 e. The number of aromatic nitrogens is 2. The van der Waals surface area contributed by atoms with Crippen LogP contribution < -0.4 is 5.32 Å². The third kappa shape index (κ3) is 4.69. The molecule has 0 amide bonds. The predicted octanol–water partition coefficient (Wildman–Crippen LogP) is 3.60. The van der Waals surface area contributed by atoms with Crippen LogP contribution in [0.5, 0.6) is 0 Å². The molecule has 0 unspecified atom stereocenters. The number of carbonyl (C=O) groups is 1. The van der Waals surface area contributed by atoms with Gasteiger partial charge in [0.15, 0.2) is 0 Å². The number of nitrogens with zero attached hydrogens (tertiary/aromatic N) is 2. The summed E-state index contributed by atoms with van der Waals surface area (Å²) >= 11 is 12.2. The van der Waals surface area contributed by atoms with Gasteiger partial charge < -0.3 is 15.2 Å². The standard InChI is InChI=1S/C17H19Cl2N3O3.ClH/c1-10-6-15(17(23)24)22(21-10)9-12-8-20-4-5-25-16(12)11-2-3-13(18)14(19)7-11;/h2-3,6-7,12,16,20H,4-5,8-9H2,1H3,(H,23,24);1H/t12-,16-;/m0./s1. The van der Waals surface area contributed by atoms with E-state index in [0.29, 0.717) is 35.4 Å². The number of rotatable bonds is 4. The van der Waals surface area contributed by atoms with Crippen LogP contribution in [0.4, 0.5) is 0 Å². The van der Waals surface area contributed by atoms with Crippen LogP contribution in [0.25, 0.3) is 0 Å². The van der Waals surface area contributed by atoms with E-state index in [2.05, 4.69) is 10.4 Å². The molecule has 1 aliphatic rings. The van der Waals surface area contributed by atoms with E-state index in [-0.39, 0.29) is 30.1 Å². The molecule has 0 aliphatic carbocycles. The average Bonchev–Trinajstić information content (AvgIpc) is 2.78. The maximum absolute atomic E-state index is 11.4. The molecule has 1 aliphatic heterocycles. The molecule has 1 saturated heterocycles. The van der Waals surface area contributed by atoms with E-state index >= 15 is 0 Å². The van der Waals surface area contributed by atoms with E-state index in [4.69, 9.17) is 27.9 Å². The van der Waals surface area contributed by atoms with Crippen LogP contribution >= 0.6 is 35.6 Å². The highest BCUT2D eigenvalue weighted by Crippen LogP contribution is 2.33. The first-order valence-electron chi connectivity index (χ1n) is 8.00. The van der Waals surface area contributed by atoms with Crippen molar-refractivity contribution >= 4 is 41.6 Å². The third-order valence-corrected chi connectivity index (χ3v) is 4.95. The first kappa shape index (κ1) is 21.0. The summed E-state index contributed by atoms with van der Waals surface area (Å²) in [5.41, 5.74) is 1.77. The summed E-state index contributed by atoms with van der Waals surface area (Å²) in [4.78, 5) is 11.4. The van der Waals surface area contributed by atoms with E-state index in [0.717, 1.165) is 12.1 Å². The number of aromatic carboxylic acids is 1. The molecule has 6 nitrogen and oxygen atoms in total. The Bertz CT molecular complexity index is 782. The normalized spacial score (nSPS) is 20.3. The van der Waals surface area contributed by atoms with Crippen LogP contribution in [-0.4, -0.2) is 40.6 Å². The number of nitrogens with one attached hydrogen (secondary N) is 1. The van der Waals surface area contributed by atoms with Crippen LogP contribution in [0.15, 0.2) is 24.3 Å². The monoisotopic (exact) mass is 419 g/mol. The van der Waals surface area contributed by atoms with E-state index in [9.17, 15) is 9.90 Å². The summed E-state index contributed by atoms with van der Waals surface area (Å²) in [6, 6.07) is 7.02. The zero-order chi connectivity index (χ0) is 18.0. The number of halogens is 3. The first-order valence-corrected chi connectivity index (χ1v) is 8.76. The minimum absolute atomic E-state index is 0. The predicted molar refractivity (Wildman–Crippen MR) is 103 cm³/mol. The Hall–Kier alpha value is -1.31. The Balaban J connectivity index is 0.00000243. The highest BCUT2D eigenvalue weighted by molar-refractivity contribution is 6.42. The molecule has 3 rings (SSSR count). The van der Waals surface area contributed by atoms with Crippen LogP contribution in [0.3, 0.4) is 0 Å². The average molecular weight is 421 g/mol. The van der Waals surface area contributed by atoms with Gasteiger partial charge in [-0.05, 0) is 30.7 Å². The number of carboxylic acids is 1. The Morgan fingerprint density at radius 1 is 1.38 bits per heavy atom. The second-order valence-corrected chi connectivity index (χ2v) is 6.90. The minimum atomic E-state index is -0.991. The van der Waals surface area contributed by atoms with Crippen LogP contribution in [0.1, 0.15) is 27.8 Å². The fourth-order valence-corrected chi connectivity index (χ4v) is 3.39. The lowest BCUT2D eigenvalue weighted by Gasteiger charge is -2.25. The molecule has 1 aromatic heterocycles. The molecule has 2 N–H and O–H groups in total. The number of carboxylic acid groups (broad SMARTS) is 1. The van der Waals surface area contributed by atoms with Gasteiger partial charge in [-0.25, -0.2) is 4.79 Å². The maximum atomic E-state index is 11.4. The van der Waals surface area contributed by atoms with Crippen molar-refractivity contribution in [3.8, 4) is 0 Å². The fourth-order valence-electron chi connectivity index (χ4n) is 3.09. The molecule has 2 heterocycles. The van der Waals surface area contributed by atoms with Crippen LogP contribution in [0, 0.1) is 12.8 Å². The molecule has 9 heteroatoms. The van der Waals surface area contributed by atoms with E-state index in [1.54, 1.807) is 25.1 Å². The second kappa shape index (κ2) is 9.06. The van der Waals surface area contributed by atoms with Crippen LogP contribution in [-0.2, 0) is 11.3 Å². The van der Waals surface area contributed by atoms with Crippen molar-refractivity contribution in [2.75, 3.05) is 19.7 Å². The highest BCUT2D eigenvalue weighted by Gasteiger charge is 2.28. The van der Waals surface area contributed by atoms with Crippen molar-refractivity contribution in [1.82, 2.24) is 15.1 Å². The van der Waals surface area contributed by atoms with E-state index in [1.165, 1.54) is 4.68 Å². The number of benzene rings is 1. The van der Waals surface area contributed by atoms with Gasteiger partial charge in [-0.2, -0.15) is 5.10 Å². The van der Waals surface area contributed by atoms with Crippen molar-refractivity contribution in [1.29, 1.82) is 0 Å². The van der Waals surface area contributed by atoms with E-state index in [1.807, 2.05) is 6.07 Å². The van der Waals surface area contributed by atoms with Crippen molar-refractivity contribution < 1.29 is 14.6 Å². The molecule has 0 bridgehead atoms. The molecular weight excluding hydrogens is 401 g/mol. The van der Waals surface area contributed by atoms with Gasteiger partial charge in [0.2, 0.25) is 0 Å². The Morgan fingerprint density at radius 3 is 2.85 bits per heavy atom. The minimum Gasteiger partial charge on any atom is -0.477 e. The Morgan fingerprint density at radius 2 is 2.15 bits per heavy atom. The molecule has 1 aromatic carbocycles. The van der Waals surface area contributed by atoms with Crippen LogP contribution in [0.2, 0.25) is 10.0 Å². The van der Waals surface area contributed by atoms with Gasteiger partial charge in [0.25, 0.3) is 0 Å². The van der Waals surface area contributed by atoms with Gasteiger partial charge >= 0.3 is 5.97 Å². The molecule has 1 fully saturated rings. The molecule has 0 radical (unpaired) electrons. The molecule has 0 spiro atoms. The van der Waals surface area contributed by atoms with Gasteiger partial charge in [-0.15, -0.1) is 12.4 Å². The summed E-state index contributed by atoms with van der Waals surface area (Å²) in [5.74, 6) is -0.994. The molecule has 2 aromatic rings. The molecule has 26 heavy (non-hydrogen) atoms. The summed E-state index contributed by atoms with van der Waals surface area (Å²) in [5, 5.41) is 18.0. The summed E-state index contributed by atoms with van der Waals surface area (Å²) < 4.78 is 7.55. The van der Waals surface area contributed by atoms with E-state index < -0.39 is 5.97 Å². The van der Waals surface area contributed by atoms with Gasteiger partial charge in [-0.1, -0.05) is 29.3 Å². The first-order chi connectivity index (χ1) is 12.0. The Kier molecular flexibility index (Phi) is 7.32. The maximum Gasteiger partial charge on any atom is 0.354 e. The Labute approximate surface area is 167 Å². The fraction of sp³-hybridized carbons (Fsp3) is 0.412. The van der Waals surface area contributed by atoms with Crippen molar-refractivity contribution in [3.63, 3.8) is 0 Å². The zero-order valence-corrected chi connectivity index (χ0v) is 16.4. The van der Waals surface area contributed by atoms with Gasteiger partial charge in [0, 0.05) is 25.6 Å². The lowest BCUT2D eigenvalue weighted by Crippen LogP contribution is -2.29. The summed E-state index contributed by atoms with van der Waals surface area (Å²) in [6.45, 7) is 4.18. The van der Waals surface area contributed by atoms with Crippen molar-refractivity contribution in [3.05, 3.63) is 51.3 Å².